The van der Waals surface area contributed by atoms with E-state index in [1.165, 1.54) is 0 Å². The highest BCUT2D eigenvalue weighted by Crippen LogP contribution is 2.24. The van der Waals surface area contributed by atoms with E-state index in [4.69, 9.17) is 10.2 Å². The Morgan fingerprint density at radius 3 is 2.75 bits per heavy atom. The maximum Gasteiger partial charge on any atom is 0.338 e. The fraction of sp³-hybridized carbons (Fsp3) is 0.364. The number of carbonyl (C=O) groups is 1. The van der Waals surface area contributed by atoms with Gasteiger partial charge in [0.25, 0.3) is 0 Å². The van der Waals surface area contributed by atoms with Crippen LogP contribution >= 0.6 is 15.9 Å². The molecule has 0 saturated carbocycles. The molecule has 0 heterocycles. The average Bonchev–Trinajstić information content (AvgIpc) is 2.24. The Bertz CT molecular complexity index is 368. The van der Waals surface area contributed by atoms with E-state index in [1.807, 2.05) is 0 Å². The zero-order valence-electron chi connectivity index (χ0n) is 8.74. The minimum Gasteiger partial charge on any atom is -0.478 e. The number of nitrogens with one attached hydrogen (secondary N) is 1. The Kier molecular flexibility index (Phi) is 5.28. The molecule has 4 nitrogen and oxygen atoms in total. The molecule has 0 atom stereocenters. The summed E-state index contributed by atoms with van der Waals surface area (Å²) in [6.45, 7) is 0.809. The Hall–Kier alpha value is -1.07. The minimum absolute atomic E-state index is 0.159. The first-order chi connectivity index (χ1) is 7.66. The third kappa shape index (κ3) is 3.50. The lowest BCUT2D eigenvalue weighted by atomic mass is 10.1. The van der Waals surface area contributed by atoms with Crippen molar-refractivity contribution in [3.8, 4) is 0 Å². The molecule has 1 aromatic rings. The molecule has 0 radical (unpaired) electrons. The Labute approximate surface area is 102 Å². The summed E-state index contributed by atoms with van der Waals surface area (Å²) in [4.78, 5) is 11.0. The van der Waals surface area contributed by atoms with Gasteiger partial charge in [0.2, 0.25) is 0 Å². The fourth-order valence-corrected chi connectivity index (χ4v) is 1.88. The van der Waals surface area contributed by atoms with Crippen molar-refractivity contribution in [2.75, 3.05) is 18.5 Å². The molecular weight excluding hydrogens is 274 g/mol. The van der Waals surface area contributed by atoms with E-state index in [1.54, 1.807) is 18.2 Å². The molecule has 0 saturated heterocycles. The van der Waals surface area contributed by atoms with E-state index >= 15 is 0 Å². The molecule has 0 aliphatic rings. The van der Waals surface area contributed by atoms with E-state index in [-0.39, 0.29) is 12.2 Å². The number of carboxylic acid groups (broad SMARTS) is 1. The molecule has 0 fully saturated rings. The second-order valence-corrected chi connectivity index (χ2v) is 4.18. The molecule has 1 aromatic carbocycles. The van der Waals surface area contributed by atoms with Crippen LogP contribution in [0.5, 0.6) is 0 Å². The molecular formula is C11H14BrNO3. The number of rotatable bonds is 6. The van der Waals surface area contributed by atoms with E-state index in [2.05, 4.69) is 21.2 Å². The van der Waals surface area contributed by atoms with Crippen molar-refractivity contribution in [1.29, 1.82) is 0 Å². The van der Waals surface area contributed by atoms with Crippen molar-refractivity contribution >= 4 is 27.6 Å². The Morgan fingerprint density at radius 2 is 2.12 bits per heavy atom. The normalized spacial score (nSPS) is 10.1. The zero-order valence-corrected chi connectivity index (χ0v) is 10.3. The van der Waals surface area contributed by atoms with Crippen LogP contribution in [0.3, 0.4) is 0 Å². The highest BCUT2D eigenvalue weighted by atomic mass is 79.9. The highest BCUT2D eigenvalue weighted by Gasteiger charge is 2.13. The predicted octanol–water partition coefficient (Wildman–Crippen LogP) is 2.33. The maximum atomic E-state index is 11.0. The summed E-state index contributed by atoms with van der Waals surface area (Å²) in [6.07, 6.45) is 1.52. The summed E-state index contributed by atoms with van der Waals surface area (Å²) in [5, 5.41) is 20.7. The van der Waals surface area contributed by atoms with Crippen LogP contribution < -0.4 is 5.32 Å². The molecule has 0 aromatic heterocycles. The van der Waals surface area contributed by atoms with Crippen LogP contribution in [0.1, 0.15) is 23.2 Å². The molecule has 3 N–H and O–H groups in total. The van der Waals surface area contributed by atoms with Gasteiger partial charge in [-0.25, -0.2) is 4.79 Å². The van der Waals surface area contributed by atoms with Crippen LogP contribution in [0.2, 0.25) is 0 Å². The van der Waals surface area contributed by atoms with Gasteiger partial charge < -0.3 is 15.5 Å². The van der Waals surface area contributed by atoms with Gasteiger partial charge in [-0.15, -0.1) is 0 Å². The molecule has 0 aliphatic heterocycles. The Balaban J connectivity index is 2.71. The number of hydrogen-bond donors (Lipinski definition) is 3. The Morgan fingerprint density at radius 1 is 1.38 bits per heavy atom. The van der Waals surface area contributed by atoms with Gasteiger partial charge in [0.1, 0.15) is 0 Å². The van der Waals surface area contributed by atoms with Crippen molar-refractivity contribution in [3.63, 3.8) is 0 Å². The van der Waals surface area contributed by atoms with E-state index in [0.717, 1.165) is 6.42 Å². The van der Waals surface area contributed by atoms with Gasteiger partial charge in [0.15, 0.2) is 0 Å². The minimum atomic E-state index is -0.961. The fourth-order valence-electron chi connectivity index (χ4n) is 1.35. The number of anilines is 1. The number of benzene rings is 1. The summed E-state index contributed by atoms with van der Waals surface area (Å²) in [5.74, 6) is -0.961. The van der Waals surface area contributed by atoms with Crippen LogP contribution in [0.4, 0.5) is 5.69 Å². The highest BCUT2D eigenvalue weighted by molar-refractivity contribution is 9.10. The van der Waals surface area contributed by atoms with Gasteiger partial charge in [-0.2, -0.15) is 0 Å². The van der Waals surface area contributed by atoms with E-state index in [0.29, 0.717) is 23.1 Å². The van der Waals surface area contributed by atoms with Gasteiger partial charge in [0.05, 0.1) is 5.56 Å². The van der Waals surface area contributed by atoms with Crippen molar-refractivity contribution in [3.05, 3.63) is 28.2 Å². The molecule has 0 bridgehead atoms. The monoisotopic (exact) mass is 287 g/mol. The van der Waals surface area contributed by atoms with E-state index < -0.39 is 5.97 Å². The second kappa shape index (κ2) is 6.50. The third-order valence-corrected chi connectivity index (χ3v) is 2.79. The summed E-state index contributed by atoms with van der Waals surface area (Å²) in [7, 11) is 0. The number of aliphatic hydroxyl groups excluding tert-OH is 1. The zero-order chi connectivity index (χ0) is 12.0. The van der Waals surface area contributed by atoms with Gasteiger partial charge in [0, 0.05) is 23.3 Å². The summed E-state index contributed by atoms with van der Waals surface area (Å²) in [6, 6.07) is 5.21. The van der Waals surface area contributed by atoms with Crippen molar-refractivity contribution in [1.82, 2.24) is 0 Å². The van der Waals surface area contributed by atoms with Gasteiger partial charge in [-0.3, -0.25) is 0 Å². The summed E-state index contributed by atoms with van der Waals surface area (Å²) < 4.78 is 0.562. The lowest BCUT2D eigenvalue weighted by molar-refractivity contribution is 0.0697. The van der Waals surface area contributed by atoms with Gasteiger partial charge in [-0.1, -0.05) is 6.07 Å². The predicted molar refractivity (Wildman–Crippen MR) is 65.9 cm³/mol. The maximum absolute atomic E-state index is 11.0. The van der Waals surface area contributed by atoms with Crippen LogP contribution in [0.25, 0.3) is 0 Å². The first kappa shape index (κ1) is 13.0. The van der Waals surface area contributed by atoms with Gasteiger partial charge in [-0.05, 0) is 40.9 Å². The quantitative estimate of drug-likeness (QED) is 0.703. The molecule has 0 aliphatic carbocycles. The smallest absolute Gasteiger partial charge is 0.338 e. The van der Waals surface area contributed by atoms with Crippen molar-refractivity contribution in [2.45, 2.75) is 12.8 Å². The molecule has 0 unspecified atom stereocenters. The lowest BCUT2D eigenvalue weighted by Crippen LogP contribution is -2.08. The van der Waals surface area contributed by atoms with E-state index in [9.17, 15) is 4.79 Å². The van der Waals surface area contributed by atoms with Crippen molar-refractivity contribution < 1.29 is 15.0 Å². The first-order valence-corrected chi connectivity index (χ1v) is 5.82. The number of halogens is 1. The molecule has 0 spiro atoms. The molecule has 1 rings (SSSR count). The third-order valence-electron chi connectivity index (χ3n) is 2.13. The molecule has 0 amide bonds. The van der Waals surface area contributed by atoms with Crippen LogP contribution in [-0.4, -0.2) is 29.3 Å². The largest absolute Gasteiger partial charge is 0.478 e. The van der Waals surface area contributed by atoms with Crippen LogP contribution in [0.15, 0.2) is 22.7 Å². The number of carboxylic acids is 1. The van der Waals surface area contributed by atoms with Crippen LogP contribution in [-0.2, 0) is 0 Å². The number of aromatic carboxylic acids is 1. The van der Waals surface area contributed by atoms with Crippen molar-refractivity contribution in [2.24, 2.45) is 0 Å². The standard InChI is InChI=1S/C11H14BrNO3/c12-8-4-3-5-9(10(8)11(15)16)13-6-1-2-7-14/h3-5,13-14H,1-2,6-7H2,(H,15,16). The number of hydrogen-bond acceptors (Lipinski definition) is 3. The topological polar surface area (TPSA) is 69.6 Å². The SMILES string of the molecule is O=C(O)c1c(Br)cccc1NCCCCO. The first-order valence-electron chi connectivity index (χ1n) is 5.03. The molecule has 88 valence electrons. The number of aliphatic hydroxyl groups is 1. The average molecular weight is 288 g/mol. The summed E-state index contributed by atoms with van der Waals surface area (Å²) >= 11 is 3.21. The lowest BCUT2D eigenvalue weighted by Gasteiger charge is -2.10. The molecule has 16 heavy (non-hydrogen) atoms. The van der Waals surface area contributed by atoms with Gasteiger partial charge >= 0.3 is 5.97 Å². The second-order valence-electron chi connectivity index (χ2n) is 3.33. The number of unbranched alkanes of at least 4 members (excludes halogenated alkanes) is 1. The molecule has 5 heteroatoms. The summed E-state index contributed by atoms with van der Waals surface area (Å²) in [5.41, 5.74) is 0.839. The van der Waals surface area contributed by atoms with Crippen LogP contribution in [0, 0.1) is 0 Å².